The van der Waals surface area contributed by atoms with Crippen molar-refractivity contribution in [2.45, 2.75) is 4.90 Å². The van der Waals surface area contributed by atoms with Crippen LogP contribution in [0.15, 0.2) is 23.1 Å². The number of halogens is 1. The summed E-state index contributed by atoms with van der Waals surface area (Å²) >= 11 is 9.71. The Kier molecular flexibility index (Phi) is 4.82. The Morgan fingerprint density at radius 2 is 2.00 bits per heavy atom. The first-order valence-electron chi connectivity index (χ1n) is 2.45. The van der Waals surface area contributed by atoms with Crippen molar-refractivity contribution in [2.24, 2.45) is 0 Å². The van der Waals surface area contributed by atoms with Crippen LogP contribution in [-0.4, -0.2) is 29.6 Å². The Morgan fingerprint density at radius 1 is 1.40 bits per heavy atom. The van der Waals surface area contributed by atoms with Gasteiger partial charge in [-0.05, 0) is 12.1 Å². The minimum atomic E-state index is 0. The summed E-state index contributed by atoms with van der Waals surface area (Å²) in [6.45, 7) is 0. The third-order valence-electron chi connectivity index (χ3n) is 1.02. The number of hydrogen-bond acceptors (Lipinski definition) is 2. The molecule has 10 heavy (non-hydrogen) atoms. The summed E-state index contributed by atoms with van der Waals surface area (Å²) in [5.74, 6) is 0. The Morgan fingerprint density at radius 3 is 2.40 bits per heavy atom. The third-order valence-corrected chi connectivity index (χ3v) is 1.96. The molecule has 0 spiro atoms. The molecule has 0 aliphatic heterocycles. The van der Waals surface area contributed by atoms with Crippen molar-refractivity contribution < 1.29 is 0 Å². The average molecular weight is 183 g/mol. The van der Waals surface area contributed by atoms with Gasteiger partial charge in [-0.15, -0.1) is 12.6 Å². The molecule has 0 amide bonds. The number of rotatable bonds is 0. The van der Waals surface area contributed by atoms with Crippen LogP contribution in [0.4, 0.5) is 5.69 Å². The molecule has 0 aliphatic carbocycles. The van der Waals surface area contributed by atoms with Crippen molar-refractivity contribution >= 4 is 59.5 Å². The predicted octanol–water partition coefficient (Wildman–Crippen LogP) is 1.83. The molecular weight excluding hydrogens is 177 g/mol. The van der Waals surface area contributed by atoms with Crippen LogP contribution in [-0.2, 0) is 0 Å². The zero-order chi connectivity index (χ0) is 6.85. The molecule has 1 aromatic rings. The van der Waals surface area contributed by atoms with E-state index in [1.54, 1.807) is 18.2 Å². The number of benzene rings is 1. The second kappa shape index (κ2) is 4.52. The number of nitrogen functional groups attached to an aromatic ring is 1. The van der Waals surface area contributed by atoms with E-state index in [4.69, 9.17) is 17.3 Å². The molecule has 2 N–H and O–H groups in total. The molecule has 0 unspecified atom stereocenters. The van der Waals surface area contributed by atoms with Crippen LogP contribution >= 0.6 is 24.2 Å². The normalized spacial score (nSPS) is 8.60. The molecule has 0 heterocycles. The van der Waals surface area contributed by atoms with E-state index < -0.39 is 0 Å². The molecule has 1 nitrogen and oxygen atoms in total. The average Bonchev–Trinajstić information content (AvgIpc) is 1.83. The smallest absolute Gasteiger partial charge is 0.0560 e. The van der Waals surface area contributed by atoms with Crippen molar-refractivity contribution in [2.75, 3.05) is 5.73 Å². The molecule has 0 saturated carbocycles. The largest absolute Gasteiger partial charge is 0.398 e. The van der Waals surface area contributed by atoms with E-state index in [9.17, 15) is 0 Å². The zero-order valence-electron chi connectivity index (χ0n) is 5.63. The Bertz CT molecular complexity index is 209. The van der Waals surface area contributed by atoms with E-state index in [0.717, 1.165) is 0 Å². The van der Waals surface area contributed by atoms with Gasteiger partial charge in [0.1, 0.15) is 0 Å². The van der Waals surface area contributed by atoms with Crippen molar-refractivity contribution in [1.82, 2.24) is 0 Å². The Balaban J connectivity index is 0.000000810. The standard InChI is InChI=1S/C6H6ClNS.Na/c7-4-2-1-3-5(8)6(4)9;/h1-3,9H,8H2;. The van der Waals surface area contributed by atoms with E-state index >= 15 is 0 Å². The summed E-state index contributed by atoms with van der Waals surface area (Å²) in [6.07, 6.45) is 0. The second-order valence-corrected chi connectivity index (χ2v) is 2.53. The summed E-state index contributed by atoms with van der Waals surface area (Å²) in [5.41, 5.74) is 6.08. The van der Waals surface area contributed by atoms with Crippen LogP contribution < -0.4 is 5.73 Å². The minimum Gasteiger partial charge on any atom is -0.398 e. The van der Waals surface area contributed by atoms with Crippen LogP contribution in [0.3, 0.4) is 0 Å². The van der Waals surface area contributed by atoms with Gasteiger partial charge in [0.05, 0.1) is 5.02 Å². The van der Waals surface area contributed by atoms with Crippen molar-refractivity contribution in [3.63, 3.8) is 0 Å². The molecule has 4 heteroatoms. The quantitative estimate of drug-likeness (QED) is 0.357. The molecule has 1 radical (unpaired) electrons. The van der Waals surface area contributed by atoms with Crippen molar-refractivity contribution in [1.29, 1.82) is 0 Å². The zero-order valence-corrected chi connectivity index (χ0v) is 9.28. The number of nitrogens with two attached hydrogens (primary N) is 1. The second-order valence-electron chi connectivity index (χ2n) is 1.68. The van der Waals surface area contributed by atoms with Crippen molar-refractivity contribution in [3.05, 3.63) is 23.2 Å². The molecule has 0 saturated heterocycles. The Labute approximate surface area is 92.6 Å². The van der Waals surface area contributed by atoms with Gasteiger partial charge in [0.25, 0.3) is 0 Å². The van der Waals surface area contributed by atoms with E-state index in [-0.39, 0.29) is 29.6 Å². The molecule has 0 atom stereocenters. The molecule has 0 bridgehead atoms. The fraction of sp³-hybridized carbons (Fsp3) is 0. The molecule has 49 valence electrons. The Hall–Kier alpha value is 0.660. The minimum absolute atomic E-state index is 0. The fourth-order valence-electron chi connectivity index (χ4n) is 0.532. The number of thiol groups is 1. The topological polar surface area (TPSA) is 26.0 Å². The number of anilines is 1. The fourth-order valence-corrected chi connectivity index (χ4v) is 0.863. The van der Waals surface area contributed by atoms with Gasteiger partial charge in [0.15, 0.2) is 0 Å². The first kappa shape index (κ1) is 10.7. The number of hydrogen-bond donors (Lipinski definition) is 2. The van der Waals surface area contributed by atoms with Gasteiger partial charge in [-0.1, -0.05) is 17.7 Å². The molecule has 0 aliphatic rings. The third kappa shape index (κ3) is 2.36. The summed E-state index contributed by atoms with van der Waals surface area (Å²) in [6, 6.07) is 5.30. The molecule has 1 aromatic carbocycles. The van der Waals surface area contributed by atoms with Crippen LogP contribution in [0, 0.1) is 0 Å². The van der Waals surface area contributed by atoms with Gasteiger partial charge >= 0.3 is 0 Å². The summed E-state index contributed by atoms with van der Waals surface area (Å²) in [4.78, 5) is 0.652. The van der Waals surface area contributed by atoms with Crippen molar-refractivity contribution in [3.8, 4) is 0 Å². The maximum absolute atomic E-state index is 5.66. The van der Waals surface area contributed by atoms with Gasteiger partial charge < -0.3 is 5.73 Å². The maximum Gasteiger partial charge on any atom is 0.0560 e. The van der Waals surface area contributed by atoms with E-state index in [0.29, 0.717) is 15.6 Å². The van der Waals surface area contributed by atoms with E-state index in [1.807, 2.05) is 0 Å². The monoisotopic (exact) mass is 182 g/mol. The summed E-state index contributed by atoms with van der Waals surface area (Å²) < 4.78 is 0. The first-order valence-corrected chi connectivity index (χ1v) is 3.27. The predicted molar refractivity (Wildman–Crippen MR) is 48.9 cm³/mol. The molecular formula is C6H6ClNNaS. The molecule has 0 aromatic heterocycles. The van der Waals surface area contributed by atoms with Gasteiger partial charge in [-0.3, -0.25) is 0 Å². The van der Waals surface area contributed by atoms with Crippen LogP contribution in [0.2, 0.25) is 5.02 Å². The van der Waals surface area contributed by atoms with Crippen LogP contribution in [0.5, 0.6) is 0 Å². The van der Waals surface area contributed by atoms with Gasteiger partial charge in [0, 0.05) is 40.1 Å². The van der Waals surface area contributed by atoms with E-state index in [2.05, 4.69) is 12.6 Å². The van der Waals surface area contributed by atoms with Gasteiger partial charge in [-0.2, -0.15) is 0 Å². The van der Waals surface area contributed by atoms with E-state index in [1.165, 1.54) is 0 Å². The summed E-state index contributed by atoms with van der Waals surface area (Å²) in [7, 11) is 0. The molecule has 0 fully saturated rings. The van der Waals surface area contributed by atoms with Gasteiger partial charge in [-0.25, -0.2) is 0 Å². The summed E-state index contributed by atoms with van der Waals surface area (Å²) in [5, 5.41) is 0.596. The first-order chi connectivity index (χ1) is 4.22. The van der Waals surface area contributed by atoms with Crippen LogP contribution in [0.1, 0.15) is 0 Å². The molecule has 1 rings (SSSR count). The van der Waals surface area contributed by atoms with Gasteiger partial charge in [0.2, 0.25) is 0 Å². The van der Waals surface area contributed by atoms with Crippen LogP contribution in [0.25, 0.3) is 0 Å². The SMILES string of the molecule is Nc1cccc(Cl)c1S.[Na]. The maximum atomic E-state index is 5.66.